The van der Waals surface area contributed by atoms with E-state index in [4.69, 9.17) is 4.74 Å². The summed E-state index contributed by atoms with van der Waals surface area (Å²) in [5.74, 6) is 1.56. The summed E-state index contributed by atoms with van der Waals surface area (Å²) in [4.78, 5) is 0. The van der Waals surface area contributed by atoms with Crippen molar-refractivity contribution in [2.75, 3.05) is 19.7 Å². The molecule has 1 aromatic carbocycles. The smallest absolute Gasteiger partial charge is 0.119 e. The first-order valence-electron chi connectivity index (χ1n) is 8.16. The fourth-order valence-electron chi connectivity index (χ4n) is 2.71. The minimum Gasteiger partial charge on any atom is -0.491 e. The normalized spacial score (nSPS) is 17.8. The number of aliphatic hydroxyl groups is 1. The van der Waals surface area contributed by atoms with Crippen LogP contribution >= 0.6 is 0 Å². The van der Waals surface area contributed by atoms with Crippen LogP contribution in [0.4, 0.5) is 0 Å². The Bertz CT molecular complexity index is 441. The number of aryl methyl sites for hydroxylation is 1. The van der Waals surface area contributed by atoms with Crippen molar-refractivity contribution in [2.45, 2.75) is 46.1 Å². The molecule has 0 bridgehead atoms. The van der Waals surface area contributed by atoms with Gasteiger partial charge in [-0.15, -0.1) is 0 Å². The fourth-order valence-corrected chi connectivity index (χ4v) is 2.71. The van der Waals surface area contributed by atoms with Gasteiger partial charge in [-0.2, -0.15) is 0 Å². The number of nitrogens with one attached hydrogen (secondary N) is 1. The predicted molar refractivity (Wildman–Crippen MR) is 86.7 cm³/mol. The summed E-state index contributed by atoms with van der Waals surface area (Å²) in [5, 5.41) is 13.4. The largest absolute Gasteiger partial charge is 0.491 e. The van der Waals surface area contributed by atoms with Gasteiger partial charge in [0.05, 0.1) is 0 Å². The Morgan fingerprint density at radius 1 is 1.33 bits per heavy atom. The van der Waals surface area contributed by atoms with Crippen LogP contribution in [0.1, 0.15) is 39.2 Å². The Kier molecular flexibility index (Phi) is 5.65. The summed E-state index contributed by atoms with van der Waals surface area (Å²) in [6.45, 7) is 8.65. The van der Waals surface area contributed by atoms with E-state index >= 15 is 0 Å². The molecule has 1 aliphatic carbocycles. The monoisotopic (exact) mass is 291 g/mol. The molecule has 0 spiro atoms. The molecule has 1 unspecified atom stereocenters. The van der Waals surface area contributed by atoms with Crippen LogP contribution in [0.5, 0.6) is 5.75 Å². The van der Waals surface area contributed by atoms with Crippen molar-refractivity contribution in [3.05, 3.63) is 29.8 Å². The van der Waals surface area contributed by atoms with Crippen molar-refractivity contribution in [2.24, 2.45) is 11.3 Å². The molecule has 0 radical (unpaired) electrons. The molecule has 2 N–H and O–H groups in total. The standard InChI is InChI=1S/C18H29NO2/c1-4-15-6-5-7-17(10-15)21-12-16(20)11-19-13-18(8-9-18)14(2)3/h5-7,10,14,16,19-20H,4,8-9,11-13H2,1-3H3. The van der Waals surface area contributed by atoms with Gasteiger partial charge in [0, 0.05) is 13.1 Å². The molecule has 118 valence electrons. The van der Waals surface area contributed by atoms with Gasteiger partial charge in [-0.1, -0.05) is 32.9 Å². The molecule has 3 heteroatoms. The molecule has 1 aromatic rings. The van der Waals surface area contributed by atoms with Crippen molar-refractivity contribution < 1.29 is 9.84 Å². The van der Waals surface area contributed by atoms with Crippen LogP contribution in [0.3, 0.4) is 0 Å². The van der Waals surface area contributed by atoms with Crippen molar-refractivity contribution in [1.82, 2.24) is 5.32 Å². The topological polar surface area (TPSA) is 41.5 Å². The number of rotatable bonds is 9. The zero-order valence-corrected chi connectivity index (χ0v) is 13.6. The van der Waals surface area contributed by atoms with E-state index in [1.807, 2.05) is 18.2 Å². The Morgan fingerprint density at radius 2 is 2.10 bits per heavy atom. The number of benzene rings is 1. The third-order valence-corrected chi connectivity index (χ3v) is 4.72. The summed E-state index contributed by atoms with van der Waals surface area (Å²) in [6.07, 6.45) is 3.17. The third kappa shape index (κ3) is 4.72. The zero-order valence-electron chi connectivity index (χ0n) is 13.6. The van der Waals surface area contributed by atoms with E-state index in [-0.39, 0.29) is 0 Å². The highest BCUT2D eigenvalue weighted by Gasteiger charge is 2.44. The second kappa shape index (κ2) is 7.28. The van der Waals surface area contributed by atoms with Gasteiger partial charge in [0.15, 0.2) is 0 Å². The molecule has 0 aliphatic heterocycles. The number of aliphatic hydroxyl groups excluding tert-OH is 1. The highest BCUT2D eigenvalue weighted by molar-refractivity contribution is 5.28. The summed E-state index contributed by atoms with van der Waals surface area (Å²) >= 11 is 0. The van der Waals surface area contributed by atoms with Crippen molar-refractivity contribution >= 4 is 0 Å². The highest BCUT2D eigenvalue weighted by atomic mass is 16.5. The Balaban J connectivity index is 1.66. The Morgan fingerprint density at radius 3 is 2.71 bits per heavy atom. The molecule has 0 saturated heterocycles. The molecule has 0 heterocycles. The van der Waals surface area contributed by atoms with E-state index < -0.39 is 6.10 Å². The first-order chi connectivity index (χ1) is 10.1. The molecular weight excluding hydrogens is 262 g/mol. The first kappa shape index (κ1) is 16.3. The predicted octanol–water partition coefficient (Wildman–Crippen LogP) is 3.01. The van der Waals surface area contributed by atoms with Crippen LogP contribution < -0.4 is 10.1 Å². The van der Waals surface area contributed by atoms with Crippen LogP contribution in [0.25, 0.3) is 0 Å². The van der Waals surface area contributed by atoms with Gasteiger partial charge in [0.1, 0.15) is 18.5 Å². The average Bonchev–Trinajstić information content (AvgIpc) is 3.26. The number of ether oxygens (including phenoxy) is 1. The highest BCUT2D eigenvalue weighted by Crippen LogP contribution is 2.51. The maximum atomic E-state index is 10.0. The Labute approximate surface area is 128 Å². The minimum absolute atomic E-state index is 0.342. The van der Waals surface area contributed by atoms with Crippen LogP contribution in [0.2, 0.25) is 0 Å². The molecule has 1 atom stereocenters. The van der Waals surface area contributed by atoms with E-state index in [1.54, 1.807) is 0 Å². The van der Waals surface area contributed by atoms with E-state index in [0.29, 0.717) is 18.6 Å². The lowest BCUT2D eigenvalue weighted by molar-refractivity contribution is 0.104. The summed E-state index contributed by atoms with van der Waals surface area (Å²) in [5.41, 5.74) is 1.74. The maximum absolute atomic E-state index is 10.0. The second-order valence-corrected chi connectivity index (χ2v) is 6.61. The Hall–Kier alpha value is -1.06. The second-order valence-electron chi connectivity index (χ2n) is 6.61. The van der Waals surface area contributed by atoms with E-state index in [1.165, 1.54) is 18.4 Å². The fraction of sp³-hybridized carbons (Fsp3) is 0.667. The van der Waals surface area contributed by atoms with Gasteiger partial charge < -0.3 is 15.2 Å². The van der Waals surface area contributed by atoms with Gasteiger partial charge in [-0.25, -0.2) is 0 Å². The van der Waals surface area contributed by atoms with Crippen LogP contribution in [0.15, 0.2) is 24.3 Å². The summed E-state index contributed by atoms with van der Waals surface area (Å²) < 4.78 is 5.67. The van der Waals surface area contributed by atoms with Crippen LogP contribution in [0, 0.1) is 11.3 Å². The molecule has 3 nitrogen and oxygen atoms in total. The average molecular weight is 291 g/mol. The molecule has 0 amide bonds. The van der Waals surface area contributed by atoms with Gasteiger partial charge in [-0.3, -0.25) is 0 Å². The van der Waals surface area contributed by atoms with E-state index in [2.05, 4.69) is 32.2 Å². The molecule has 0 aromatic heterocycles. The van der Waals surface area contributed by atoms with E-state index in [9.17, 15) is 5.11 Å². The molecule has 1 saturated carbocycles. The van der Waals surface area contributed by atoms with Crippen LogP contribution in [-0.2, 0) is 6.42 Å². The van der Waals surface area contributed by atoms with Crippen molar-refractivity contribution in [3.63, 3.8) is 0 Å². The molecule has 1 fully saturated rings. The van der Waals surface area contributed by atoms with Crippen LogP contribution in [-0.4, -0.2) is 30.9 Å². The van der Waals surface area contributed by atoms with Gasteiger partial charge in [0.2, 0.25) is 0 Å². The molecular formula is C18H29NO2. The van der Waals surface area contributed by atoms with Crippen molar-refractivity contribution in [3.8, 4) is 5.75 Å². The van der Waals surface area contributed by atoms with Gasteiger partial charge in [0.25, 0.3) is 0 Å². The summed E-state index contributed by atoms with van der Waals surface area (Å²) in [7, 11) is 0. The minimum atomic E-state index is -0.460. The lowest BCUT2D eigenvalue weighted by Gasteiger charge is -2.21. The molecule has 1 aliphatic rings. The third-order valence-electron chi connectivity index (χ3n) is 4.72. The van der Waals surface area contributed by atoms with Crippen molar-refractivity contribution in [1.29, 1.82) is 0 Å². The molecule has 21 heavy (non-hydrogen) atoms. The van der Waals surface area contributed by atoms with Gasteiger partial charge >= 0.3 is 0 Å². The maximum Gasteiger partial charge on any atom is 0.119 e. The SMILES string of the molecule is CCc1cccc(OCC(O)CNCC2(C(C)C)CC2)c1. The first-order valence-corrected chi connectivity index (χ1v) is 8.16. The lowest BCUT2D eigenvalue weighted by Crippen LogP contribution is -2.36. The van der Waals surface area contributed by atoms with E-state index in [0.717, 1.165) is 24.6 Å². The summed E-state index contributed by atoms with van der Waals surface area (Å²) in [6, 6.07) is 8.07. The lowest BCUT2D eigenvalue weighted by atomic mass is 9.92. The quantitative estimate of drug-likeness (QED) is 0.735. The molecule has 2 rings (SSSR count). The van der Waals surface area contributed by atoms with Gasteiger partial charge in [-0.05, 0) is 48.3 Å². The number of hydrogen-bond acceptors (Lipinski definition) is 3. The zero-order chi connectivity index (χ0) is 15.3. The number of hydrogen-bond donors (Lipinski definition) is 2.